The average molecular weight is 190 g/mol. The number of ether oxygens (including phenoxy) is 1. The van der Waals surface area contributed by atoms with E-state index in [4.69, 9.17) is 10.2 Å². The van der Waals surface area contributed by atoms with Gasteiger partial charge in [-0.15, -0.1) is 0 Å². The summed E-state index contributed by atoms with van der Waals surface area (Å²) in [7, 11) is 0. The highest BCUT2D eigenvalue weighted by Gasteiger charge is 2.19. The molecule has 0 rings (SSSR count). The van der Waals surface area contributed by atoms with Crippen molar-refractivity contribution in [2.24, 2.45) is 0 Å². The zero-order chi connectivity index (χ0) is 10.4. The van der Waals surface area contributed by atoms with Crippen molar-refractivity contribution >= 4 is 17.9 Å². The summed E-state index contributed by atoms with van der Waals surface area (Å²) >= 11 is 0. The van der Waals surface area contributed by atoms with Gasteiger partial charge in [-0.3, -0.25) is 14.4 Å². The number of carboxylic acid groups (broad SMARTS) is 2. The molecule has 0 bridgehead atoms. The fourth-order valence-electron chi connectivity index (χ4n) is 0.780. The molecule has 74 valence electrons. The van der Waals surface area contributed by atoms with E-state index >= 15 is 0 Å². The number of rotatable bonds is 5. The first kappa shape index (κ1) is 11.4. The largest absolute Gasteiger partial charge is 0.481 e. The van der Waals surface area contributed by atoms with Gasteiger partial charge in [0.1, 0.15) is 6.10 Å². The molecule has 13 heavy (non-hydrogen) atoms. The van der Waals surface area contributed by atoms with Crippen LogP contribution >= 0.6 is 0 Å². The zero-order valence-electron chi connectivity index (χ0n) is 7.02. The van der Waals surface area contributed by atoms with Crippen LogP contribution < -0.4 is 0 Å². The van der Waals surface area contributed by atoms with E-state index in [1.54, 1.807) is 0 Å². The van der Waals surface area contributed by atoms with E-state index in [0.29, 0.717) is 0 Å². The van der Waals surface area contributed by atoms with Crippen LogP contribution in [-0.4, -0.2) is 34.2 Å². The Morgan fingerprint density at radius 1 is 1.15 bits per heavy atom. The van der Waals surface area contributed by atoms with Gasteiger partial charge in [0.05, 0.1) is 12.8 Å². The minimum Gasteiger partial charge on any atom is -0.481 e. The van der Waals surface area contributed by atoms with Crippen molar-refractivity contribution in [3.05, 3.63) is 0 Å². The molecule has 0 aliphatic heterocycles. The highest BCUT2D eigenvalue weighted by Crippen LogP contribution is 2.04. The van der Waals surface area contributed by atoms with Gasteiger partial charge in [-0.05, 0) is 0 Å². The van der Waals surface area contributed by atoms with Gasteiger partial charge in [-0.1, -0.05) is 0 Å². The molecule has 0 aliphatic carbocycles. The quantitative estimate of drug-likeness (QED) is 0.585. The molecule has 0 atom stereocenters. The van der Waals surface area contributed by atoms with Crippen LogP contribution in [0.4, 0.5) is 0 Å². The molecule has 0 amide bonds. The van der Waals surface area contributed by atoms with E-state index in [0.717, 1.165) is 6.92 Å². The molecule has 0 heterocycles. The molecular formula is C7H10O6. The first-order chi connectivity index (χ1) is 5.91. The summed E-state index contributed by atoms with van der Waals surface area (Å²) in [6, 6.07) is 0. The monoisotopic (exact) mass is 190 g/mol. The lowest BCUT2D eigenvalue weighted by atomic mass is 10.2. The SMILES string of the molecule is CC(=O)OC(CC(=O)O)CC(=O)O. The van der Waals surface area contributed by atoms with Gasteiger partial charge in [0, 0.05) is 6.92 Å². The molecule has 0 saturated carbocycles. The van der Waals surface area contributed by atoms with Crippen molar-refractivity contribution < 1.29 is 29.3 Å². The molecule has 0 spiro atoms. The molecule has 2 N–H and O–H groups in total. The Hall–Kier alpha value is -1.59. The molecule has 0 fully saturated rings. The van der Waals surface area contributed by atoms with E-state index in [1.807, 2.05) is 0 Å². The summed E-state index contributed by atoms with van der Waals surface area (Å²) in [5.74, 6) is -3.09. The van der Waals surface area contributed by atoms with Crippen LogP contribution in [0, 0.1) is 0 Å². The van der Waals surface area contributed by atoms with Crippen LogP contribution in [0.25, 0.3) is 0 Å². The lowest BCUT2D eigenvalue weighted by Gasteiger charge is -2.11. The minimum atomic E-state index is -1.20. The van der Waals surface area contributed by atoms with Crippen molar-refractivity contribution in [3.63, 3.8) is 0 Å². The van der Waals surface area contributed by atoms with Gasteiger partial charge >= 0.3 is 17.9 Å². The first-order valence-electron chi connectivity index (χ1n) is 3.52. The van der Waals surface area contributed by atoms with Gasteiger partial charge in [0.25, 0.3) is 0 Å². The maximum atomic E-state index is 10.4. The van der Waals surface area contributed by atoms with Gasteiger partial charge < -0.3 is 14.9 Å². The summed E-state index contributed by atoms with van der Waals surface area (Å²) in [5, 5.41) is 16.7. The second-order valence-electron chi connectivity index (χ2n) is 2.43. The molecule has 0 unspecified atom stereocenters. The third kappa shape index (κ3) is 6.79. The van der Waals surface area contributed by atoms with Crippen molar-refractivity contribution in [1.82, 2.24) is 0 Å². The van der Waals surface area contributed by atoms with Crippen LogP contribution in [0.3, 0.4) is 0 Å². The first-order valence-corrected chi connectivity index (χ1v) is 3.52. The Labute approximate surface area is 74.1 Å². The molecule has 6 heteroatoms. The second kappa shape index (κ2) is 5.13. The predicted octanol–water partition coefficient (Wildman–Crippen LogP) is -0.132. The molecule has 0 radical (unpaired) electrons. The number of hydrogen-bond acceptors (Lipinski definition) is 4. The summed E-state index contributed by atoms with van der Waals surface area (Å²) < 4.78 is 4.47. The Morgan fingerprint density at radius 3 is 1.77 bits per heavy atom. The number of hydrogen-bond donors (Lipinski definition) is 2. The van der Waals surface area contributed by atoms with Crippen molar-refractivity contribution in [3.8, 4) is 0 Å². The number of carbonyl (C=O) groups is 3. The molecular weight excluding hydrogens is 180 g/mol. The Morgan fingerprint density at radius 2 is 1.54 bits per heavy atom. The Balaban J connectivity index is 4.10. The summed E-state index contributed by atoms with van der Waals surface area (Å²) in [4.78, 5) is 30.8. The Bertz CT molecular complexity index is 183. The summed E-state index contributed by atoms with van der Waals surface area (Å²) in [5.41, 5.74) is 0. The zero-order valence-corrected chi connectivity index (χ0v) is 7.02. The van der Waals surface area contributed by atoms with E-state index in [1.165, 1.54) is 0 Å². The average Bonchev–Trinajstić information content (AvgIpc) is 1.80. The van der Waals surface area contributed by atoms with Crippen LogP contribution in [-0.2, 0) is 19.1 Å². The van der Waals surface area contributed by atoms with E-state index in [-0.39, 0.29) is 0 Å². The standard InChI is InChI=1S/C7H10O6/c1-4(8)13-5(2-6(9)10)3-7(11)12/h5H,2-3H2,1H3,(H,9,10)(H,11,12). The van der Waals surface area contributed by atoms with Crippen molar-refractivity contribution in [1.29, 1.82) is 0 Å². The van der Waals surface area contributed by atoms with Crippen LogP contribution in [0.2, 0.25) is 0 Å². The van der Waals surface area contributed by atoms with Crippen molar-refractivity contribution in [2.75, 3.05) is 0 Å². The van der Waals surface area contributed by atoms with Crippen LogP contribution in [0.15, 0.2) is 0 Å². The van der Waals surface area contributed by atoms with Gasteiger partial charge in [-0.25, -0.2) is 0 Å². The number of esters is 1. The van der Waals surface area contributed by atoms with E-state index in [2.05, 4.69) is 4.74 Å². The molecule has 0 aliphatic rings. The molecule has 0 aromatic rings. The molecule has 6 nitrogen and oxygen atoms in total. The predicted molar refractivity (Wildman–Crippen MR) is 40.1 cm³/mol. The minimum absolute atomic E-state index is 0.494. The van der Waals surface area contributed by atoms with Crippen LogP contribution in [0.1, 0.15) is 19.8 Å². The van der Waals surface area contributed by atoms with Gasteiger partial charge in [0.2, 0.25) is 0 Å². The van der Waals surface area contributed by atoms with Gasteiger partial charge in [-0.2, -0.15) is 0 Å². The molecule has 0 aromatic heterocycles. The van der Waals surface area contributed by atoms with Gasteiger partial charge in [0.15, 0.2) is 0 Å². The number of carboxylic acids is 2. The lowest BCUT2D eigenvalue weighted by molar-refractivity contribution is -0.154. The topological polar surface area (TPSA) is 101 Å². The molecule has 0 aromatic carbocycles. The fraction of sp³-hybridized carbons (Fsp3) is 0.571. The maximum Gasteiger partial charge on any atom is 0.307 e. The maximum absolute atomic E-state index is 10.4. The fourth-order valence-corrected chi connectivity index (χ4v) is 0.780. The third-order valence-electron chi connectivity index (χ3n) is 1.14. The van der Waals surface area contributed by atoms with E-state index < -0.39 is 36.9 Å². The lowest BCUT2D eigenvalue weighted by Crippen LogP contribution is -2.23. The number of carbonyl (C=O) groups excluding carboxylic acids is 1. The molecule has 0 saturated heterocycles. The summed E-state index contributed by atoms with van der Waals surface area (Å²) in [6.45, 7) is 1.09. The van der Waals surface area contributed by atoms with Crippen LogP contribution in [0.5, 0.6) is 0 Å². The van der Waals surface area contributed by atoms with Crippen molar-refractivity contribution in [2.45, 2.75) is 25.9 Å². The summed E-state index contributed by atoms with van der Waals surface area (Å²) in [6.07, 6.45) is -2.08. The highest BCUT2D eigenvalue weighted by atomic mass is 16.5. The second-order valence-corrected chi connectivity index (χ2v) is 2.43. The van der Waals surface area contributed by atoms with E-state index in [9.17, 15) is 14.4 Å². The third-order valence-corrected chi connectivity index (χ3v) is 1.14. The number of aliphatic carboxylic acids is 2. The normalized spacial score (nSPS) is 9.69. The Kier molecular flexibility index (Phi) is 4.50. The smallest absolute Gasteiger partial charge is 0.307 e. The highest BCUT2D eigenvalue weighted by molar-refractivity contribution is 5.73.